The molecular weight excluding hydrogens is 216 g/mol. The van der Waals surface area contributed by atoms with Gasteiger partial charge in [-0.25, -0.2) is 9.97 Å². The van der Waals surface area contributed by atoms with Crippen LogP contribution in [0.5, 0.6) is 0 Å². The van der Waals surface area contributed by atoms with Gasteiger partial charge >= 0.3 is 0 Å². The first-order valence-corrected chi connectivity index (χ1v) is 5.89. The van der Waals surface area contributed by atoms with Crippen LogP contribution in [-0.2, 0) is 11.2 Å². The van der Waals surface area contributed by atoms with Crippen LogP contribution in [0.4, 0.5) is 5.82 Å². The summed E-state index contributed by atoms with van der Waals surface area (Å²) in [6.07, 6.45) is 0.862. The molecule has 0 unspecified atom stereocenters. The summed E-state index contributed by atoms with van der Waals surface area (Å²) in [4.78, 5) is 21.8. The Morgan fingerprint density at radius 2 is 2.12 bits per heavy atom. The fraction of sp³-hybridized carbons (Fsp3) is 0.583. The molecule has 1 aromatic rings. The minimum Gasteiger partial charge on any atom is -0.361 e. The summed E-state index contributed by atoms with van der Waals surface area (Å²) in [6, 6.07) is 1.88. The van der Waals surface area contributed by atoms with E-state index in [4.69, 9.17) is 0 Å². The van der Waals surface area contributed by atoms with E-state index in [0.29, 0.717) is 12.4 Å². The largest absolute Gasteiger partial charge is 0.361 e. The summed E-state index contributed by atoms with van der Waals surface area (Å²) < 4.78 is 0. The molecule has 0 spiro atoms. The molecule has 94 valence electrons. The van der Waals surface area contributed by atoms with Crippen LogP contribution in [0.25, 0.3) is 0 Å². The van der Waals surface area contributed by atoms with Crippen molar-refractivity contribution in [3.63, 3.8) is 0 Å². The van der Waals surface area contributed by atoms with E-state index in [2.05, 4.69) is 15.3 Å². The van der Waals surface area contributed by atoms with E-state index < -0.39 is 0 Å². The van der Waals surface area contributed by atoms with Crippen LogP contribution in [0, 0.1) is 6.92 Å². The molecule has 1 amide bonds. The van der Waals surface area contributed by atoms with Gasteiger partial charge in [-0.1, -0.05) is 6.92 Å². The fourth-order valence-corrected chi connectivity index (χ4v) is 1.38. The first-order valence-electron chi connectivity index (χ1n) is 5.89. The Balaban J connectivity index is 2.63. The first kappa shape index (κ1) is 13.4. The highest BCUT2D eigenvalue weighted by atomic mass is 16.2. The number of hydrogen-bond donors (Lipinski definition) is 1. The minimum atomic E-state index is 0.0572. The summed E-state index contributed by atoms with van der Waals surface area (Å²) in [5.74, 6) is 1.50. The van der Waals surface area contributed by atoms with Crippen LogP contribution in [0.3, 0.4) is 0 Å². The average Bonchev–Trinajstić information content (AvgIpc) is 2.34. The van der Waals surface area contributed by atoms with Crippen LogP contribution in [-0.4, -0.2) is 40.9 Å². The van der Waals surface area contributed by atoms with Gasteiger partial charge in [0, 0.05) is 25.4 Å². The van der Waals surface area contributed by atoms with Gasteiger partial charge in [0.1, 0.15) is 11.6 Å². The van der Waals surface area contributed by atoms with Gasteiger partial charge < -0.3 is 10.2 Å². The van der Waals surface area contributed by atoms with Crippen molar-refractivity contribution in [2.24, 2.45) is 0 Å². The number of likely N-dealkylation sites (N-methyl/N-ethyl adjacent to an activating group) is 1. The SMILES string of the molecule is CCc1cc(NCC(=O)N(C)CC)nc(C)n1. The van der Waals surface area contributed by atoms with Crippen LogP contribution in [0.15, 0.2) is 6.07 Å². The standard InChI is InChI=1S/C12H20N4O/c1-5-10-7-11(15-9(3)14-10)13-8-12(17)16(4)6-2/h7H,5-6,8H2,1-4H3,(H,13,14,15). The molecule has 0 aromatic carbocycles. The Kier molecular flexibility index (Phi) is 4.87. The summed E-state index contributed by atoms with van der Waals surface area (Å²) in [5.41, 5.74) is 0.983. The van der Waals surface area contributed by atoms with Crippen molar-refractivity contribution in [1.82, 2.24) is 14.9 Å². The lowest BCUT2D eigenvalue weighted by Gasteiger charge is -2.15. The smallest absolute Gasteiger partial charge is 0.241 e. The fourth-order valence-electron chi connectivity index (χ4n) is 1.38. The number of amides is 1. The Morgan fingerprint density at radius 1 is 1.41 bits per heavy atom. The van der Waals surface area contributed by atoms with Crippen molar-refractivity contribution < 1.29 is 4.79 Å². The summed E-state index contributed by atoms with van der Waals surface area (Å²) in [6.45, 7) is 6.82. The molecule has 0 bridgehead atoms. The molecule has 1 rings (SSSR count). The lowest BCUT2D eigenvalue weighted by molar-refractivity contribution is -0.127. The van der Waals surface area contributed by atoms with Gasteiger partial charge in [-0.05, 0) is 20.3 Å². The highest BCUT2D eigenvalue weighted by Gasteiger charge is 2.07. The molecule has 1 aromatic heterocycles. The normalized spacial score (nSPS) is 10.1. The molecule has 0 aliphatic carbocycles. The maximum absolute atomic E-state index is 11.6. The molecular formula is C12H20N4O. The van der Waals surface area contributed by atoms with Crippen molar-refractivity contribution in [1.29, 1.82) is 0 Å². The number of carbonyl (C=O) groups is 1. The van der Waals surface area contributed by atoms with Gasteiger partial charge in [-0.3, -0.25) is 4.79 Å². The Hall–Kier alpha value is -1.65. The number of anilines is 1. The van der Waals surface area contributed by atoms with Crippen LogP contribution >= 0.6 is 0 Å². The maximum atomic E-state index is 11.6. The molecule has 0 radical (unpaired) electrons. The highest BCUT2D eigenvalue weighted by Crippen LogP contribution is 2.06. The predicted molar refractivity (Wildman–Crippen MR) is 67.9 cm³/mol. The summed E-state index contributed by atoms with van der Waals surface area (Å²) in [5, 5.41) is 3.03. The Bertz CT molecular complexity index is 392. The zero-order chi connectivity index (χ0) is 12.8. The highest BCUT2D eigenvalue weighted by molar-refractivity contribution is 5.80. The van der Waals surface area contributed by atoms with E-state index in [9.17, 15) is 4.79 Å². The molecule has 0 saturated heterocycles. The lowest BCUT2D eigenvalue weighted by Crippen LogP contribution is -2.32. The molecule has 0 saturated carbocycles. The molecule has 5 heteroatoms. The van der Waals surface area contributed by atoms with Gasteiger partial charge in [-0.2, -0.15) is 0 Å². The van der Waals surface area contributed by atoms with Crippen molar-refractivity contribution in [3.05, 3.63) is 17.6 Å². The number of carbonyl (C=O) groups excluding carboxylic acids is 1. The summed E-state index contributed by atoms with van der Waals surface area (Å²) in [7, 11) is 1.78. The molecule has 0 atom stereocenters. The maximum Gasteiger partial charge on any atom is 0.241 e. The molecule has 1 N–H and O–H groups in total. The second-order valence-electron chi connectivity index (χ2n) is 3.91. The molecule has 5 nitrogen and oxygen atoms in total. The topological polar surface area (TPSA) is 58.1 Å². The second kappa shape index (κ2) is 6.18. The number of rotatable bonds is 5. The first-order chi connectivity index (χ1) is 8.06. The monoisotopic (exact) mass is 236 g/mol. The second-order valence-corrected chi connectivity index (χ2v) is 3.91. The van der Waals surface area contributed by atoms with E-state index >= 15 is 0 Å². The van der Waals surface area contributed by atoms with Crippen LogP contribution in [0.1, 0.15) is 25.4 Å². The van der Waals surface area contributed by atoms with E-state index in [1.54, 1.807) is 11.9 Å². The van der Waals surface area contributed by atoms with E-state index in [0.717, 1.165) is 17.9 Å². The third-order valence-corrected chi connectivity index (χ3v) is 2.57. The molecule has 0 fully saturated rings. The van der Waals surface area contributed by atoms with Crippen molar-refractivity contribution in [2.45, 2.75) is 27.2 Å². The third kappa shape index (κ3) is 4.01. The average molecular weight is 236 g/mol. The van der Waals surface area contributed by atoms with Crippen LogP contribution in [0.2, 0.25) is 0 Å². The number of nitrogens with zero attached hydrogens (tertiary/aromatic N) is 3. The number of aromatic nitrogens is 2. The molecule has 0 aliphatic heterocycles. The number of nitrogens with one attached hydrogen (secondary N) is 1. The Labute approximate surface area is 102 Å². The molecule has 1 heterocycles. The van der Waals surface area contributed by atoms with Crippen molar-refractivity contribution >= 4 is 11.7 Å². The number of aryl methyl sites for hydroxylation is 2. The van der Waals surface area contributed by atoms with Gasteiger partial charge in [0.15, 0.2) is 0 Å². The van der Waals surface area contributed by atoms with E-state index in [1.807, 2.05) is 26.8 Å². The van der Waals surface area contributed by atoms with Gasteiger partial charge in [0.25, 0.3) is 0 Å². The third-order valence-electron chi connectivity index (χ3n) is 2.57. The molecule has 0 aliphatic rings. The van der Waals surface area contributed by atoms with E-state index in [-0.39, 0.29) is 12.5 Å². The van der Waals surface area contributed by atoms with Crippen molar-refractivity contribution in [3.8, 4) is 0 Å². The van der Waals surface area contributed by atoms with Crippen LogP contribution < -0.4 is 5.32 Å². The molecule has 17 heavy (non-hydrogen) atoms. The van der Waals surface area contributed by atoms with Gasteiger partial charge in [0.2, 0.25) is 5.91 Å². The van der Waals surface area contributed by atoms with Gasteiger partial charge in [-0.15, -0.1) is 0 Å². The number of hydrogen-bond acceptors (Lipinski definition) is 4. The van der Waals surface area contributed by atoms with Gasteiger partial charge in [0.05, 0.1) is 6.54 Å². The summed E-state index contributed by atoms with van der Waals surface area (Å²) >= 11 is 0. The Morgan fingerprint density at radius 3 is 2.71 bits per heavy atom. The zero-order valence-corrected chi connectivity index (χ0v) is 10.9. The lowest BCUT2D eigenvalue weighted by atomic mass is 10.3. The van der Waals surface area contributed by atoms with Crippen molar-refractivity contribution in [2.75, 3.05) is 25.5 Å². The predicted octanol–water partition coefficient (Wildman–Crippen LogP) is 1.24. The minimum absolute atomic E-state index is 0.0572. The quantitative estimate of drug-likeness (QED) is 0.835. The van der Waals surface area contributed by atoms with E-state index in [1.165, 1.54) is 0 Å². The zero-order valence-electron chi connectivity index (χ0n) is 10.9.